The van der Waals surface area contributed by atoms with E-state index in [1.54, 1.807) is 42.5 Å². The van der Waals surface area contributed by atoms with Crippen LogP contribution in [0.3, 0.4) is 0 Å². The second-order valence-electron chi connectivity index (χ2n) is 9.83. The first-order valence-electron chi connectivity index (χ1n) is 12.4. The van der Waals surface area contributed by atoms with Crippen LogP contribution >= 0.6 is 0 Å². The van der Waals surface area contributed by atoms with Gasteiger partial charge >= 0.3 is 5.97 Å². The highest BCUT2D eigenvalue weighted by molar-refractivity contribution is 7.92. The summed E-state index contributed by atoms with van der Waals surface area (Å²) in [6, 6.07) is 14.6. The molecule has 0 aliphatic carbocycles. The van der Waals surface area contributed by atoms with Gasteiger partial charge in [-0.3, -0.25) is 4.72 Å². The summed E-state index contributed by atoms with van der Waals surface area (Å²) in [6.07, 6.45) is 1.52. The zero-order valence-electron chi connectivity index (χ0n) is 23.0. The molecular formula is C28H29N5O7S. The Bertz CT molecular complexity index is 1640. The van der Waals surface area contributed by atoms with Gasteiger partial charge in [0.15, 0.2) is 29.2 Å². The van der Waals surface area contributed by atoms with Gasteiger partial charge in [-0.1, -0.05) is 45.0 Å². The largest absolute Gasteiger partial charge is 0.493 e. The van der Waals surface area contributed by atoms with Crippen LogP contribution < -0.4 is 18.9 Å². The number of anilines is 1. The zero-order chi connectivity index (χ0) is 29.8. The Labute approximate surface area is 237 Å². The highest BCUT2D eigenvalue weighted by atomic mass is 32.2. The van der Waals surface area contributed by atoms with E-state index in [9.17, 15) is 18.3 Å². The van der Waals surface area contributed by atoms with Crippen molar-refractivity contribution < 1.29 is 32.5 Å². The number of nitrogens with one attached hydrogen (secondary N) is 1. The van der Waals surface area contributed by atoms with Crippen molar-refractivity contribution >= 4 is 21.8 Å². The lowest BCUT2D eigenvalue weighted by Crippen LogP contribution is -2.24. The van der Waals surface area contributed by atoms with Gasteiger partial charge in [0.05, 0.1) is 12.0 Å². The maximum absolute atomic E-state index is 13.6. The van der Waals surface area contributed by atoms with Crippen molar-refractivity contribution in [1.29, 1.82) is 0 Å². The average Bonchev–Trinajstić information content (AvgIpc) is 2.94. The quantitative estimate of drug-likeness (QED) is 0.268. The van der Waals surface area contributed by atoms with Crippen LogP contribution in [-0.4, -0.2) is 52.6 Å². The van der Waals surface area contributed by atoms with Crippen LogP contribution in [0.5, 0.6) is 23.1 Å². The van der Waals surface area contributed by atoms with Crippen molar-refractivity contribution in [2.45, 2.75) is 44.1 Å². The van der Waals surface area contributed by atoms with Gasteiger partial charge in [0.25, 0.3) is 15.9 Å². The standard InChI is InChI=1S/C28H29N5O7S/c1-17(27(34)35)39-26-22(40-21-10-7-6-9-20(21)38-5)23(31-25(32-26)24-29-15-8-16-30-24)33-41(36,37)19-13-11-18(12-14-19)28(2,3)4/h6-17H,1-5H3,(H,34,35)(H,31,32,33). The van der Waals surface area contributed by atoms with Gasteiger partial charge in [-0.2, -0.15) is 4.98 Å². The lowest BCUT2D eigenvalue weighted by atomic mass is 9.87. The molecule has 2 aromatic heterocycles. The molecule has 0 radical (unpaired) electrons. The molecule has 1 atom stereocenters. The van der Waals surface area contributed by atoms with Gasteiger partial charge in [0.1, 0.15) is 0 Å². The second kappa shape index (κ2) is 11.8. The molecule has 2 N–H and O–H groups in total. The summed E-state index contributed by atoms with van der Waals surface area (Å²) in [5.74, 6) is -1.88. The van der Waals surface area contributed by atoms with Crippen molar-refractivity contribution in [3.05, 3.63) is 72.6 Å². The molecule has 0 spiro atoms. The SMILES string of the molecule is COc1ccccc1Oc1c(NS(=O)(=O)c2ccc(C(C)(C)C)cc2)nc(-c2ncccn2)nc1OC(C)C(=O)O. The van der Waals surface area contributed by atoms with E-state index in [0.717, 1.165) is 5.56 Å². The fourth-order valence-electron chi connectivity index (χ4n) is 3.54. The van der Waals surface area contributed by atoms with Crippen LogP contribution in [0.15, 0.2) is 71.9 Å². The topological polar surface area (TPSA) is 163 Å². The minimum absolute atomic E-state index is 0.0359. The van der Waals surface area contributed by atoms with Gasteiger partial charge in [-0.15, -0.1) is 0 Å². The summed E-state index contributed by atoms with van der Waals surface area (Å²) in [4.78, 5) is 28.5. The lowest BCUT2D eigenvalue weighted by molar-refractivity contribution is -0.144. The summed E-state index contributed by atoms with van der Waals surface area (Å²) >= 11 is 0. The number of hydrogen-bond acceptors (Lipinski definition) is 10. The van der Waals surface area contributed by atoms with E-state index in [2.05, 4.69) is 24.7 Å². The Balaban J connectivity index is 1.89. The van der Waals surface area contributed by atoms with Gasteiger partial charge in [-0.25, -0.2) is 28.2 Å². The van der Waals surface area contributed by atoms with Gasteiger partial charge in [0, 0.05) is 12.4 Å². The normalized spacial score (nSPS) is 12.3. The van der Waals surface area contributed by atoms with E-state index in [4.69, 9.17) is 14.2 Å². The number of aliphatic carboxylic acids is 1. The molecule has 2 aromatic carbocycles. The van der Waals surface area contributed by atoms with Crippen LogP contribution in [0.25, 0.3) is 11.6 Å². The number of nitrogens with zero attached hydrogens (tertiary/aromatic N) is 4. The van der Waals surface area contributed by atoms with Gasteiger partial charge < -0.3 is 19.3 Å². The molecular weight excluding hydrogens is 550 g/mol. The molecule has 0 fully saturated rings. The number of carboxylic acids is 1. The van der Waals surface area contributed by atoms with Crippen molar-refractivity contribution in [2.75, 3.05) is 11.8 Å². The summed E-state index contributed by atoms with van der Waals surface area (Å²) in [7, 11) is -2.80. The minimum atomic E-state index is -4.23. The van der Waals surface area contributed by atoms with Gasteiger partial charge in [0.2, 0.25) is 11.6 Å². The van der Waals surface area contributed by atoms with Gasteiger partial charge in [-0.05, 0) is 48.2 Å². The molecule has 2 heterocycles. The molecule has 0 saturated heterocycles. The number of carboxylic acid groups (broad SMARTS) is 1. The van der Waals surface area contributed by atoms with E-state index >= 15 is 0 Å². The van der Waals surface area contributed by atoms with Crippen LogP contribution in [0.2, 0.25) is 0 Å². The second-order valence-corrected chi connectivity index (χ2v) is 11.5. The van der Waals surface area contributed by atoms with Crippen molar-refractivity contribution in [3.63, 3.8) is 0 Å². The summed E-state index contributed by atoms with van der Waals surface area (Å²) in [6.45, 7) is 7.34. The lowest BCUT2D eigenvalue weighted by Gasteiger charge is -2.20. The predicted molar refractivity (Wildman–Crippen MR) is 150 cm³/mol. The fraction of sp³-hybridized carbons (Fsp3) is 0.250. The molecule has 4 aromatic rings. The fourth-order valence-corrected chi connectivity index (χ4v) is 4.54. The molecule has 1 unspecified atom stereocenters. The first-order valence-corrected chi connectivity index (χ1v) is 13.9. The third kappa shape index (κ3) is 6.87. The summed E-state index contributed by atoms with van der Waals surface area (Å²) < 4.78 is 46.6. The molecule has 12 nitrogen and oxygen atoms in total. The zero-order valence-corrected chi connectivity index (χ0v) is 23.8. The molecule has 13 heteroatoms. The average molecular weight is 580 g/mol. The monoisotopic (exact) mass is 579 g/mol. The third-order valence-electron chi connectivity index (χ3n) is 5.78. The van der Waals surface area contributed by atoms with E-state index < -0.39 is 22.1 Å². The molecule has 0 amide bonds. The van der Waals surface area contributed by atoms with E-state index in [1.807, 2.05) is 20.8 Å². The molecule has 214 valence electrons. The molecule has 4 rings (SSSR count). The van der Waals surface area contributed by atoms with Crippen LogP contribution in [0, 0.1) is 0 Å². The molecule has 0 saturated carbocycles. The molecule has 41 heavy (non-hydrogen) atoms. The number of carbonyl (C=O) groups is 1. The van der Waals surface area contributed by atoms with Crippen LogP contribution in [0.1, 0.15) is 33.3 Å². The molecule has 0 aliphatic rings. The van der Waals surface area contributed by atoms with E-state index in [0.29, 0.717) is 5.75 Å². The maximum Gasteiger partial charge on any atom is 0.344 e. The van der Waals surface area contributed by atoms with E-state index in [-0.39, 0.29) is 45.2 Å². The first kappa shape index (κ1) is 29.2. The molecule has 0 bridgehead atoms. The predicted octanol–water partition coefficient (Wildman–Crippen LogP) is 4.68. The number of ether oxygens (including phenoxy) is 3. The number of benzene rings is 2. The summed E-state index contributed by atoms with van der Waals surface area (Å²) in [5, 5.41) is 9.51. The van der Waals surface area contributed by atoms with Crippen molar-refractivity contribution in [1.82, 2.24) is 19.9 Å². The van der Waals surface area contributed by atoms with Crippen LogP contribution in [0.4, 0.5) is 5.82 Å². The number of para-hydroxylation sites is 2. The Morgan fingerprint density at radius 2 is 1.56 bits per heavy atom. The van der Waals surface area contributed by atoms with Crippen molar-refractivity contribution in [3.8, 4) is 34.8 Å². The Hall–Kier alpha value is -4.78. The first-order chi connectivity index (χ1) is 19.4. The smallest absolute Gasteiger partial charge is 0.344 e. The highest BCUT2D eigenvalue weighted by Crippen LogP contribution is 2.41. The number of sulfonamides is 1. The number of aromatic nitrogens is 4. The number of rotatable bonds is 10. The minimum Gasteiger partial charge on any atom is -0.493 e. The van der Waals surface area contributed by atoms with E-state index in [1.165, 1.54) is 38.6 Å². The number of hydrogen-bond donors (Lipinski definition) is 2. The van der Waals surface area contributed by atoms with Crippen LogP contribution in [-0.2, 0) is 20.2 Å². The summed E-state index contributed by atoms with van der Waals surface area (Å²) in [5.41, 5.74) is 0.760. The molecule has 0 aliphatic heterocycles. The Morgan fingerprint density at radius 3 is 2.15 bits per heavy atom. The maximum atomic E-state index is 13.6. The van der Waals surface area contributed by atoms with Crippen molar-refractivity contribution in [2.24, 2.45) is 0 Å². The third-order valence-corrected chi connectivity index (χ3v) is 7.13. The Morgan fingerprint density at radius 1 is 0.927 bits per heavy atom. The Kier molecular flexibility index (Phi) is 8.38. The highest BCUT2D eigenvalue weighted by Gasteiger charge is 2.28. The number of methoxy groups -OCH3 is 1.